The second-order valence-corrected chi connectivity index (χ2v) is 2.99. The van der Waals surface area contributed by atoms with Crippen molar-refractivity contribution in [3.8, 4) is 0 Å². The predicted molar refractivity (Wildman–Crippen MR) is 54.8 cm³/mol. The number of aliphatic carboxylic acids is 1. The van der Waals surface area contributed by atoms with E-state index in [4.69, 9.17) is 5.11 Å². The van der Waals surface area contributed by atoms with Crippen LogP contribution in [0.4, 0.5) is 4.39 Å². The van der Waals surface area contributed by atoms with Crippen molar-refractivity contribution in [2.24, 2.45) is 4.99 Å². The zero-order valence-electron chi connectivity index (χ0n) is 8.40. The zero-order chi connectivity index (χ0) is 12.1. The van der Waals surface area contributed by atoms with Gasteiger partial charge in [0.05, 0.1) is 0 Å². The Morgan fingerprint density at radius 3 is 2.38 bits per heavy atom. The van der Waals surface area contributed by atoms with Crippen LogP contribution in [0.1, 0.15) is 12.5 Å². The summed E-state index contributed by atoms with van der Waals surface area (Å²) in [6.07, 6.45) is 1.17. The maximum absolute atomic E-state index is 12.6. The molecule has 0 unspecified atom stereocenters. The molecule has 16 heavy (non-hydrogen) atoms. The molecule has 5 heteroatoms. The van der Waals surface area contributed by atoms with Crippen molar-refractivity contribution < 1.29 is 19.1 Å². The minimum absolute atomic E-state index is 0.274. The van der Waals surface area contributed by atoms with Gasteiger partial charge in [-0.1, -0.05) is 12.1 Å². The second kappa shape index (κ2) is 5.00. The summed E-state index contributed by atoms with van der Waals surface area (Å²) < 4.78 is 12.6. The Labute approximate surface area is 90.7 Å². The molecule has 0 aliphatic rings. The van der Waals surface area contributed by atoms with Crippen LogP contribution < -0.4 is 0 Å². The molecule has 0 aliphatic carbocycles. The highest BCUT2D eigenvalue weighted by molar-refractivity contribution is 5.96. The summed E-state index contributed by atoms with van der Waals surface area (Å²) in [6, 6.07) is 5.22. The van der Waals surface area contributed by atoms with E-state index in [0.717, 1.165) is 0 Å². The van der Waals surface area contributed by atoms with E-state index in [1.54, 1.807) is 0 Å². The van der Waals surface area contributed by atoms with Gasteiger partial charge in [0.2, 0.25) is 6.08 Å². The van der Waals surface area contributed by atoms with Gasteiger partial charge in [-0.3, -0.25) is 0 Å². The third-order valence-corrected chi connectivity index (χ3v) is 1.99. The Bertz CT molecular complexity index is 480. The first-order valence-electron chi connectivity index (χ1n) is 4.34. The van der Waals surface area contributed by atoms with Crippen molar-refractivity contribution in [2.45, 2.75) is 6.92 Å². The number of rotatable bonds is 3. The summed E-state index contributed by atoms with van der Waals surface area (Å²) in [6.45, 7) is 1.48. The third-order valence-electron chi connectivity index (χ3n) is 1.99. The van der Waals surface area contributed by atoms with Crippen LogP contribution in [0.25, 0.3) is 5.57 Å². The predicted octanol–water partition coefficient (Wildman–Crippen LogP) is 1.98. The maximum Gasteiger partial charge on any atom is 0.355 e. The summed E-state index contributed by atoms with van der Waals surface area (Å²) in [5, 5.41) is 8.79. The summed E-state index contributed by atoms with van der Waals surface area (Å²) >= 11 is 0. The van der Waals surface area contributed by atoms with Gasteiger partial charge in [0.15, 0.2) is 5.70 Å². The van der Waals surface area contributed by atoms with Crippen LogP contribution in [0, 0.1) is 5.82 Å². The van der Waals surface area contributed by atoms with E-state index in [0.29, 0.717) is 5.56 Å². The first kappa shape index (κ1) is 11.8. The van der Waals surface area contributed by atoms with Crippen LogP contribution in [0.2, 0.25) is 0 Å². The number of carboxylic acid groups (broad SMARTS) is 1. The number of halogens is 1. The van der Waals surface area contributed by atoms with Crippen LogP contribution >= 0.6 is 0 Å². The number of hydrogen-bond donors (Lipinski definition) is 1. The molecule has 0 saturated heterocycles. The van der Waals surface area contributed by atoms with E-state index in [9.17, 15) is 14.0 Å². The minimum atomic E-state index is -1.33. The van der Waals surface area contributed by atoms with Crippen molar-refractivity contribution in [1.82, 2.24) is 0 Å². The summed E-state index contributed by atoms with van der Waals surface area (Å²) in [4.78, 5) is 23.9. The van der Waals surface area contributed by atoms with Crippen molar-refractivity contribution in [2.75, 3.05) is 0 Å². The van der Waals surface area contributed by atoms with Gasteiger partial charge in [0.25, 0.3) is 0 Å². The van der Waals surface area contributed by atoms with Gasteiger partial charge < -0.3 is 5.11 Å². The standard InChI is InChI=1S/C11H8FNO3/c1-7(10(11(15)16)13-6-14)8-2-4-9(12)5-3-8/h2-5H,1H3,(H,15,16)/b10-7-. The first-order chi connectivity index (χ1) is 7.56. The van der Waals surface area contributed by atoms with Crippen LogP contribution in [0.15, 0.2) is 35.0 Å². The van der Waals surface area contributed by atoms with Crippen molar-refractivity contribution >= 4 is 17.6 Å². The highest BCUT2D eigenvalue weighted by atomic mass is 19.1. The molecule has 0 bridgehead atoms. The molecule has 0 amide bonds. The molecule has 0 saturated carbocycles. The van der Waals surface area contributed by atoms with Crippen molar-refractivity contribution in [3.63, 3.8) is 0 Å². The third kappa shape index (κ3) is 2.62. The molecule has 0 atom stereocenters. The van der Waals surface area contributed by atoms with E-state index in [-0.39, 0.29) is 5.57 Å². The van der Waals surface area contributed by atoms with Gasteiger partial charge in [-0.25, -0.2) is 14.0 Å². The highest BCUT2D eigenvalue weighted by Crippen LogP contribution is 2.19. The quantitative estimate of drug-likeness (QED) is 0.482. The fourth-order valence-electron chi connectivity index (χ4n) is 1.17. The molecule has 4 nitrogen and oxygen atoms in total. The van der Waals surface area contributed by atoms with Crippen LogP contribution in [0.5, 0.6) is 0 Å². The largest absolute Gasteiger partial charge is 0.476 e. The van der Waals surface area contributed by atoms with Gasteiger partial charge in [-0.2, -0.15) is 4.99 Å². The van der Waals surface area contributed by atoms with E-state index in [1.807, 2.05) is 0 Å². The van der Waals surface area contributed by atoms with E-state index < -0.39 is 17.5 Å². The maximum atomic E-state index is 12.6. The van der Waals surface area contributed by atoms with Crippen LogP contribution in [-0.2, 0) is 9.59 Å². The van der Waals surface area contributed by atoms with Crippen molar-refractivity contribution in [1.29, 1.82) is 0 Å². The lowest BCUT2D eigenvalue weighted by Crippen LogP contribution is -2.00. The lowest BCUT2D eigenvalue weighted by Gasteiger charge is -2.02. The van der Waals surface area contributed by atoms with E-state index in [1.165, 1.54) is 37.3 Å². The Hall–Kier alpha value is -2.26. The number of allylic oxidation sites excluding steroid dienone is 1. The number of aliphatic imine (C=N–C) groups is 1. The molecular formula is C11H8FNO3. The summed E-state index contributed by atoms with van der Waals surface area (Å²) in [5.74, 6) is -1.75. The molecule has 0 aromatic heterocycles. The fourth-order valence-corrected chi connectivity index (χ4v) is 1.17. The Balaban J connectivity index is 3.29. The van der Waals surface area contributed by atoms with Gasteiger partial charge >= 0.3 is 5.97 Å². The SMILES string of the molecule is C/C(=C(/N=C=O)C(=O)O)c1ccc(F)cc1. The van der Waals surface area contributed by atoms with Gasteiger partial charge in [0, 0.05) is 0 Å². The topological polar surface area (TPSA) is 66.7 Å². The highest BCUT2D eigenvalue weighted by Gasteiger charge is 2.11. The molecule has 1 aromatic carbocycles. The molecule has 82 valence electrons. The number of isocyanates is 1. The summed E-state index contributed by atoms with van der Waals surface area (Å²) in [7, 11) is 0. The average molecular weight is 221 g/mol. The molecule has 0 fully saturated rings. The Kier molecular flexibility index (Phi) is 3.69. The number of carbonyl (C=O) groups is 1. The number of carboxylic acids is 1. The molecule has 0 heterocycles. The average Bonchev–Trinajstić information content (AvgIpc) is 2.25. The number of carbonyl (C=O) groups excluding carboxylic acids is 1. The zero-order valence-corrected chi connectivity index (χ0v) is 8.40. The van der Waals surface area contributed by atoms with E-state index in [2.05, 4.69) is 4.99 Å². The van der Waals surface area contributed by atoms with E-state index >= 15 is 0 Å². The normalized spacial score (nSPS) is 11.4. The Morgan fingerprint density at radius 2 is 1.94 bits per heavy atom. The molecule has 0 spiro atoms. The molecule has 1 rings (SSSR count). The monoisotopic (exact) mass is 221 g/mol. The smallest absolute Gasteiger partial charge is 0.355 e. The molecule has 0 radical (unpaired) electrons. The lowest BCUT2D eigenvalue weighted by molar-refractivity contribution is -0.132. The van der Waals surface area contributed by atoms with Gasteiger partial charge in [0.1, 0.15) is 5.82 Å². The number of nitrogens with zero attached hydrogens (tertiary/aromatic N) is 1. The fraction of sp³-hybridized carbons (Fsp3) is 0.0909. The van der Waals surface area contributed by atoms with Gasteiger partial charge in [-0.15, -0.1) is 0 Å². The molecule has 1 N–H and O–H groups in total. The van der Waals surface area contributed by atoms with Crippen molar-refractivity contribution in [3.05, 3.63) is 41.3 Å². The Morgan fingerprint density at radius 1 is 1.38 bits per heavy atom. The first-order valence-corrected chi connectivity index (χ1v) is 4.34. The van der Waals surface area contributed by atoms with Gasteiger partial charge in [-0.05, 0) is 30.2 Å². The molecular weight excluding hydrogens is 213 g/mol. The molecule has 1 aromatic rings. The lowest BCUT2D eigenvalue weighted by atomic mass is 10.1. The van der Waals surface area contributed by atoms with Crippen LogP contribution in [0.3, 0.4) is 0 Å². The summed E-state index contributed by atoms with van der Waals surface area (Å²) in [5.41, 5.74) is 0.357. The minimum Gasteiger partial charge on any atom is -0.476 e. The number of hydrogen-bond acceptors (Lipinski definition) is 3. The second-order valence-electron chi connectivity index (χ2n) is 2.99. The molecule has 0 aliphatic heterocycles. The van der Waals surface area contributed by atoms with Crippen LogP contribution in [-0.4, -0.2) is 17.2 Å². The number of benzene rings is 1.